The molecule has 2 rings (SSSR count). The lowest BCUT2D eigenvalue weighted by Gasteiger charge is -2.21. The standard InChI is InChI=1S/C12H11IN4O2/c13-8-3-4-11(15-16-14)10(6-8)12(19)17-5-1-2-9(17)7-18/h3-4,6-7,9H,1-2,5H2/t9-/m0/s1. The van der Waals surface area contributed by atoms with Crippen LogP contribution in [0.1, 0.15) is 23.2 Å². The van der Waals surface area contributed by atoms with Gasteiger partial charge in [-0.15, -0.1) is 0 Å². The molecule has 1 aromatic carbocycles. The molecule has 98 valence electrons. The number of hydrogen-bond donors (Lipinski definition) is 0. The van der Waals surface area contributed by atoms with E-state index >= 15 is 0 Å². The highest BCUT2D eigenvalue weighted by Gasteiger charge is 2.30. The fourth-order valence-electron chi connectivity index (χ4n) is 2.16. The summed E-state index contributed by atoms with van der Waals surface area (Å²) in [5.74, 6) is -0.254. The van der Waals surface area contributed by atoms with Crippen LogP contribution in [-0.2, 0) is 4.79 Å². The minimum atomic E-state index is -0.371. The minimum Gasteiger partial charge on any atom is -0.329 e. The third kappa shape index (κ3) is 2.87. The molecule has 19 heavy (non-hydrogen) atoms. The van der Waals surface area contributed by atoms with Gasteiger partial charge in [0.05, 0.1) is 17.3 Å². The predicted molar refractivity (Wildman–Crippen MR) is 78.1 cm³/mol. The molecule has 0 aliphatic carbocycles. The quantitative estimate of drug-likeness (QED) is 0.269. The minimum absolute atomic E-state index is 0.254. The van der Waals surface area contributed by atoms with Crippen LogP contribution in [0.5, 0.6) is 0 Å². The zero-order valence-electron chi connectivity index (χ0n) is 9.99. The summed E-state index contributed by atoms with van der Waals surface area (Å²) in [6.07, 6.45) is 2.30. The fraction of sp³-hybridized carbons (Fsp3) is 0.333. The van der Waals surface area contributed by atoms with Gasteiger partial charge in [0.1, 0.15) is 6.29 Å². The summed E-state index contributed by atoms with van der Waals surface area (Å²) in [5.41, 5.74) is 9.18. The Morgan fingerprint density at radius 2 is 2.37 bits per heavy atom. The van der Waals surface area contributed by atoms with Crippen molar-refractivity contribution in [3.63, 3.8) is 0 Å². The molecule has 1 amide bonds. The maximum Gasteiger partial charge on any atom is 0.254 e. The molecule has 1 saturated heterocycles. The SMILES string of the molecule is [N-]=[N+]=Nc1ccc(I)cc1C(=O)N1CCC[C@H]1C=O. The number of nitrogens with zero attached hydrogens (tertiary/aromatic N) is 4. The topological polar surface area (TPSA) is 86.1 Å². The van der Waals surface area contributed by atoms with Crippen LogP contribution < -0.4 is 0 Å². The van der Waals surface area contributed by atoms with E-state index in [2.05, 4.69) is 32.6 Å². The number of azide groups is 1. The van der Waals surface area contributed by atoms with Gasteiger partial charge in [0.2, 0.25) is 0 Å². The third-order valence-corrected chi connectivity index (χ3v) is 3.73. The zero-order chi connectivity index (χ0) is 13.8. The molecule has 1 aliphatic rings. The molecule has 7 heteroatoms. The van der Waals surface area contributed by atoms with Gasteiger partial charge in [0, 0.05) is 15.0 Å². The predicted octanol–water partition coefficient (Wildman–Crippen LogP) is 3.04. The van der Waals surface area contributed by atoms with E-state index in [1.54, 1.807) is 18.2 Å². The summed E-state index contributed by atoms with van der Waals surface area (Å²) in [5, 5.41) is 3.53. The van der Waals surface area contributed by atoms with Crippen molar-refractivity contribution in [2.24, 2.45) is 5.11 Å². The van der Waals surface area contributed by atoms with Gasteiger partial charge in [-0.2, -0.15) is 0 Å². The number of aldehydes is 1. The van der Waals surface area contributed by atoms with Crippen LogP contribution in [0.15, 0.2) is 23.3 Å². The summed E-state index contributed by atoms with van der Waals surface area (Å²) in [6.45, 7) is 0.559. The highest BCUT2D eigenvalue weighted by Crippen LogP contribution is 2.26. The monoisotopic (exact) mass is 370 g/mol. The first-order chi connectivity index (χ1) is 9.17. The molecule has 1 heterocycles. The summed E-state index contributed by atoms with van der Waals surface area (Å²) in [6, 6.07) is 4.68. The second-order valence-corrected chi connectivity index (χ2v) is 5.44. The van der Waals surface area contributed by atoms with Gasteiger partial charge in [-0.1, -0.05) is 11.2 Å². The average Bonchev–Trinajstić information content (AvgIpc) is 2.88. The number of likely N-dealkylation sites (tertiary alicyclic amines) is 1. The van der Waals surface area contributed by atoms with E-state index in [9.17, 15) is 9.59 Å². The molecular formula is C12H11IN4O2. The van der Waals surface area contributed by atoms with Crippen molar-refractivity contribution >= 4 is 40.5 Å². The van der Waals surface area contributed by atoms with Crippen molar-refractivity contribution in [1.29, 1.82) is 0 Å². The molecule has 0 saturated carbocycles. The van der Waals surface area contributed by atoms with Gasteiger partial charge >= 0.3 is 0 Å². The normalized spacial score (nSPS) is 17.9. The van der Waals surface area contributed by atoms with E-state index in [0.29, 0.717) is 24.2 Å². The molecular weight excluding hydrogens is 359 g/mol. The van der Waals surface area contributed by atoms with E-state index in [1.165, 1.54) is 4.90 Å². The Morgan fingerprint density at radius 3 is 3.05 bits per heavy atom. The van der Waals surface area contributed by atoms with E-state index in [0.717, 1.165) is 16.3 Å². The van der Waals surface area contributed by atoms with Gasteiger partial charge in [0.15, 0.2) is 0 Å². The molecule has 6 nitrogen and oxygen atoms in total. The molecule has 0 bridgehead atoms. The van der Waals surface area contributed by atoms with E-state index in [1.807, 2.05) is 0 Å². The highest BCUT2D eigenvalue weighted by molar-refractivity contribution is 14.1. The number of hydrogen-bond acceptors (Lipinski definition) is 3. The highest BCUT2D eigenvalue weighted by atomic mass is 127. The molecule has 0 spiro atoms. The van der Waals surface area contributed by atoms with Crippen molar-refractivity contribution in [3.8, 4) is 0 Å². The van der Waals surface area contributed by atoms with Crippen LogP contribution in [0.25, 0.3) is 10.4 Å². The third-order valence-electron chi connectivity index (χ3n) is 3.06. The number of halogens is 1. The summed E-state index contributed by atoms with van der Waals surface area (Å²) < 4.78 is 0.875. The van der Waals surface area contributed by atoms with Gasteiger partial charge in [-0.25, -0.2) is 0 Å². The lowest BCUT2D eigenvalue weighted by Crippen LogP contribution is -2.36. The molecule has 1 aromatic rings. The number of amides is 1. The Morgan fingerprint density at radius 1 is 1.58 bits per heavy atom. The van der Waals surface area contributed by atoms with Crippen molar-refractivity contribution < 1.29 is 9.59 Å². The molecule has 0 unspecified atom stereocenters. The first-order valence-corrected chi connectivity index (χ1v) is 6.86. The largest absolute Gasteiger partial charge is 0.329 e. The van der Waals surface area contributed by atoms with E-state index < -0.39 is 0 Å². The first kappa shape index (κ1) is 13.8. The molecule has 1 atom stereocenters. The fourth-order valence-corrected chi connectivity index (χ4v) is 2.65. The number of rotatable bonds is 3. The first-order valence-electron chi connectivity index (χ1n) is 5.78. The van der Waals surface area contributed by atoms with Crippen molar-refractivity contribution in [3.05, 3.63) is 37.8 Å². The van der Waals surface area contributed by atoms with Gasteiger partial charge in [-0.3, -0.25) is 4.79 Å². The average molecular weight is 370 g/mol. The van der Waals surface area contributed by atoms with E-state index in [-0.39, 0.29) is 11.9 Å². The van der Waals surface area contributed by atoms with Crippen LogP contribution in [0.3, 0.4) is 0 Å². The smallest absolute Gasteiger partial charge is 0.254 e. The molecule has 1 fully saturated rings. The second kappa shape index (κ2) is 6.03. The van der Waals surface area contributed by atoms with Crippen LogP contribution in [0, 0.1) is 3.57 Å². The van der Waals surface area contributed by atoms with Crippen LogP contribution >= 0.6 is 22.6 Å². The van der Waals surface area contributed by atoms with Crippen molar-refractivity contribution in [1.82, 2.24) is 4.90 Å². The maximum absolute atomic E-state index is 12.4. The van der Waals surface area contributed by atoms with Crippen molar-refractivity contribution in [2.75, 3.05) is 6.54 Å². The van der Waals surface area contributed by atoms with Crippen LogP contribution in [-0.4, -0.2) is 29.7 Å². The molecule has 0 N–H and O–H groups in total. The number of benzene rings is 1. The molecule has 0 radical (unpaired) electrons. The Hall–Kier alpha value is -1.60. The summed E-state index contributed by atoms with van der Waals surface area (Å²) in [4.78, 5) is 27.7. The Balaban J connectivity index is 2.40. The Bertz CT molecular complexity index is 569. The second-order valence-electron chi connectivity index (χ2n) is 4.20. The Kier molecular flexibility index (Phi) is 4.39. The molecule has 1 aliphatic heterocycles. The summed E-state index contributed by atoms with van der Waals surface area (Å²) in [7, 11) is 0. The molecule has 0 aromatic heterocycles. The lowest BCUT2D eigenvalue weighted by atomic mass is 10.1. The van der Waals surface area contributed by atoms with Crippen molar-refractivity contribution in [2.45, 2.75) is 18.9 Å². The Labute approximate surface area is 123 Å². The number of carbonyl (C=O) groups is 2. The van der Waals surface area contributed by atoms with Gasteiger partial charge in [0.25, 0.3) is 5.91 Å². The zero-order valence-corrected chi connectivity index (χ0v) is 12.1. The maximum atomic E-state index is 12.4. The summed E-state index contributed by atoms with van der Waals surface area (Å²) >= 11 is 2.09. The van der Waals surface area contributed by atoms with Crippen LogP contribution in [0.4, 0.5) is 5.69 Å². The van der Waals surface area contributed by atoms with Gasteiger partial charge in [-0.05, 0) is 53.1 Å². The lowest BCUT2D eigenvalue weighted by molar-refractivity contribution is -0.111. The van der Waals surface area contributed by atoms with E-state index in [4.69, 9.17) is 5.53 Å². The van der Waals surface area contributed by atoms with Crippen LogP contribution in [0.2, 0.25) is 0 Å². The van der Waals surface area contributed by atoms with Gasteiger partial charge < -0.3 is 9.69 Å². The number of carbonyl (C=O) groups excluding carboxylic acids is 2.